The standard InChI is InChI=1S/C29H35N5O4/c1-7-21(28(30)37)29(34-24-15-10-9-14-23(24)33-26(36)8-2)32-20(5)31-25-17-16-18(3)22(27(25)38-6)13-11-12-19(4)35/h7-10,14-17,31H,2,5,11-13H2,1,3-4,6H3,(H2,30,37)(H,32,34)(H,33,36)/b21-7-. The molecule has 0 spiro atoms. The fourth-order valence-electron chi connectivity index (χ4n) is 3.76. The molecule has 2 aromatic carbocycles. The van der Waals surface area contributed by atoms with Gasteiger partial charge in [0.15, 0.2) is 0 Å². The Balaban J connectivity index is 2.43. The van der Waals surface area contributed by atoms with Gasteiger partial charge in [0.25, 0.3) is 5.91 Å². The number of amidine groups is 1. The van der Waals surface area contributed by atoms with Gasteiger partial charge in [-0.15, -0.1) is 0 Å². The Morgan fingerprint density at radius 2 is 1.71 bits per heavy atom. The van der Waals surface area contributed by atoms with Gasteiger partial charge in [-0.3, -0.25) is 9.59 Å². The highest BCUT2D eigenvalue weighted by atomic mass is 16.5. The highest BCUT2D eigenvalue weighted by Crippen LogP contribution is 2.33. The molecule has 0 bridgehead atoms. The number of hydrogen-bond acceptors (Lipinski definition) is 6. The first kappa shape index (κ1) is 29.6. The maximum atomic E-state index is 12.2. The molecule has 9 heteroatoms. The fraction of sp³-hybridized carbons (Fsp3) is 0.241. The van der Waals surface area contributed by atoms with Crippen molar-refractivity contribution in [2.24, 2.45) is 10.7 Å². The molecule has 0 unspecified atom stereocenters. The molecule has 200 valence electrons. The molecule has 0 aliphatic carbocycles. The molecule has 0 fully saturated rings. The number of carbonyl (C=O) groups excluding carboxylic acids is 3. The molecule has 0 radical (unpaired) electrons. The van der Waals surface area contributed by atoms with E-state index in [1.807, 2.05) is 19.1 Å². The smallest absolute Gasteiger partial charge is 0.252 e. The number of aliphatic imine (C=N–C) groups is 1. The first-order valence-corrected chi connectivity index (χ1v) is 12.1. The number of benzene rings is 2. The number of nitrogens with two attached hydrogens (primary N) is 1. The maximum Gasteiger partial charge on any atom is 0.252 e. The normalized spacial score (nSPS) is 11.4. The summed E-state index contributed by atoms with van der Waals surface area (Å²) in [6, 6.07) is 10.7. The predicted octanol–water partition coefficient (Wildman–Crippen LogP) is 4.87. The second kappa shape index (κ2) is 14.2. The minimum absolute atomic E-state index is 0.124. The third-order valence-corrected chi connectivity index (χ3v) is 5.61. The third kappa shape index (κ3) is 8.19. The number of ketones is 1. The van der Waals surface area contributed by atoms with Gasteiger partial charge in [-0.05, 0) is 69.0 Å². The van der Waals surface area contributed by atoms with E-state index in [0.717, 1.165) is 17.2 Å². The lowest BCUT2D eigenvalue weighted by Gasteiger charge is -2.18. The van der Waals surface area contributed by atoms with Crippen LogP contribution in [0.3, 0.4) is 0 Å². The van der Waals surface area contributed by atoms with Crippen LogP contribution in [0.1, 0.15) is 37.8 Å². The number of ether oxygens (including phenoxy) is 1. The van der Waals surface area contributed by atoms with E-state index in [1.165, 1.54) is 6.08 Å². The molecule has 2 rings (SSSR count). The maximum absolute atomic E-state index is 12.2. The van der Waals surface area contributed by atoms with Gasteiger partial charge < -0.3 is 31.2 Å². The number of primary amides is 1. The quantitative estimate of drug-likeness (QED) is 0.170. The van der Waals surface area contributed by atoms with Crippen LogP contribution in [0, 0.1) is 6.92 Å². The van der Waals surface area contributed by atoms with Crippen molar-refractivity contribution in [3.05, 3.63) is 84.2 Å². The van der Waals surface area contributed by atoms with E-state index in [9.17, 15) is 14.4 Å². The molecule has 0 aliphatic rings. The Morgan fingerprint density at radius 1 is 1.05 bits per heavy atom. The number of methoxy groups -OCH3 is 1. The predicted molar refractivity (Wildman–Crippen MR) is 153 cm³/mol. The van der Waals surface area contributed by atoms with Gasteiger partial charge in [-0.1, -0.05) is 37.4 Å². The van der Waals surface area contributed by atoms with Crippen molar-refractivity contribution >= 4 is 40.5 Å². The molecule has 38 heavy (non-hydrogen) atoms. The van der Waals surface area contributed by atoms with Crippen LogP contribution in [0.25, 0.3) is 0 Å². The molecule has 0 saturated carbocycles. The van der Waals surface area contributed by atoms with Gasteiger partial charge in [0.1, 0.15) is 23.2 Å². The number of carbonyl (C=O) groups is 3. The molecule has 0 heterocycles. The Labute approximate surface area is 223 Å². The number of Topliss-reactive ketones (excluding diaryl/α,β-unsaturated/α-hetero) is 1. The number of aryl methyl sites for hydroxylation is 1. The van der Waals surface area contributed by atoms with Crippen molar-refractivity contribution in [3.63, 3.8) is 0 Å². The number of nitrogens with zero attached hydrogens (tertiary/aromatic N) is 1. The van der Waals surface area contributed by atoms with E-state index in [0.29, 0.717) is 42.1 Å². The van der Waals surface area contributed by atoms with Crippen LogP contribution < -0.4 is 26.4 Å². The monoisotopic (exact) mass is 517 g/mol. The zero-order chi connectivity index (χ0) is 28.2. The average Bonchev–Trinajstić information content (AvgIpc) is 2.86. The van der Waals surface area contributed by atoms with Crippen LogP contribution >= 0.6 is 0 Å². The molecule has 0 saturated heterocycles. The van der Waals surface area contributed by atoms with E-state index in [-0.39, 0.29) is 23.0 Å². The lowest BCUT2D eigenvalue weighted by molar-refractivity contribution is -0.117. The summed E-state index contributed by atoms with van der Waals surface area (Å²) in [5.74, 6) is 0.00931. The van der Waals surface area contributed by atoms with Crippen LogP contribution in [0.15, 0.2) is 78.1 Å². The first-order chi connectivity index (χ1) is 18.1. The number of anilines is 3. The van der Waals surface area contributed by atoms with Gasteiger partial charge in [0.2, 0.25) is 5.91 Å². The number of amides is 2. The fourth-order valence-corrected chi connectivity index (χ4v) is 3.76. The van der Waals surface area contributed by atoms with E-state index < -0.39 is 11.8 Å². The van der Waals surface area contributed by atoms with Crippen LogP contribution in [0.4, 0.5) is 17.1 Å². The van der Waals surface area contributed by atoms with Gasteiger partial charge in [0, 0.05) is 6.42 Å². The number of para-hydroxylation sites is 2. The molecule has 0 aromatic heterocycles. The van der Waals surface area contributed by atoms with Gasteiger partial charge >= 0.3 is 0 Å². The zero-order valence-electron chi connectivity index (χ0n) is 22.3. The summed E-state index contributed by atoms with van der Waals surface area (Å²) in [4.78, 5) is 40.0. The summed E-state index contributed by atoms with van der Waals surface area (Å²) in [6.07, 6.45) is 4.55. The minimum atomic E-state index is -0.695. The number of hydrogen-bond donors (Lipinski definition) is 4. The number of nitrogens with one attached hydrogen (secondary N) is 3. The van der Waals surface area contributed by atoms with Crippen LogP contribution in [-0.2, 0) is 20.8 Å². The van der Waals surface area contributed by atoms with E-state index in [2.05, 4.69) is 34.1 Å². The highest BCUT2D eigenvalue weighted by Gasteiger charge is 2.17. The van der Waals surface area contributed by atoms with Crippen LogP contribution in [-0.4, -0.2) is 30.5 Å². The summed E-state index contributed by atoms with van der Waals surface area (Å²) in [5, 5.41) is 8.93. The van der Waals surface area contributed by atoms with E-state index >= 15 is 0 Å². The summed E-state index contributed by atoms with van der Waals surface area (Å²) in [5.41, 5.74) is 9.32. The number of allylic oxidation sites excluding steroid dienone is 1. The zero-order valence-corrected chi connectivity index (χ0v) is 22.3. The van der Waals surface area contributed by atoms with Crippen molar-refractivity contribution in [2.75, 3.05) is 23.1 Å². The second-order valence-electron chi connectivity index (χ2n) is 8.46. The second-order valence-corrected chi connectivity index (χ2v) is 8.46. The third-order valence-electron chi connectivity index (χ3n) is 5.61. The molecule has 9 nitrogen and oxygen atoms in total. The average molecular weight is 518 g/mol. The molecule has 0 aliphatic heterocycles. The summed E-state index contributed by atoms with van der Waals surface area (Å²) in [7, 11) is 1.58. The van der Waals surface area contributed by atoms with Crippen molar-refractivity contribution in [3.8, 4) is 5.75 Å². The van der Waals surface area contributed by atoms with Gasteiger partial charge in [-0.2, -0.15) is 0 Å². The Bertz CT molecular complexity index is 1290. The molecule has 2 aromatic rings. The topological polar surface area (TPSA) is 135 Å². The summed E-state index contributed by atoms with van der Waals surface area (Å²) in [6.45, 7) is 12.7. The van der Waals surface area contributed by atoms with Crippen molar-refractivity contribution in [1.82, 2.24) is 0 Å². The SMILES string of the molecule is C=CC(=O)Nc1ccccc1NC(=N/C(=C)Nc1ccc(C)c(CCCC(C)=O)c1OC)/C(=C\C)C(N)=O. The number of rotatable bonds is 13. The van der Waals surface area contributed by atoms with Crippen molar-refractivity contribution in [1.29, 1.82) is 0 Å². The van der Waals surface area contributed by atoms with Crippen molar-refractivity contribution in [2.45, 2.75) is 40.0 Å². The highest BCUT2D eigenvalue weighted by molar-refractivity contribution is 6.25. The lowest BCUT2D eigenvalue weighted by Crippen LogP contribution is -2.27. The van der Waals surface area contributed by atoms with Crippen molar-refractivity contribution < 1.29 is 19.1 Å². The van der Waals surface area contributed by atoms with Crippen LogP contribution in [0.2, 0.25) is 0 Å². The Hall–Kier alpha value is -4.66. The van der Waals surface area contributed by atoms with Gasteiger partial charge in [0.05, 0.1) is 29.7 Å². The Morgan fingerprint density at radius 3 is 2.26 bits per heavy atom. The van der Waals surface area contributed by atoms with E-state index in [4.69, 9.17) is 10.5 Å². The van der Waals surface area contributed by atoms with E-state index in [1.54, 1.807) is 45.2 Å². The minimum Gasteiger partial charge on any atom is -0.494 e. The summed E-state index contributed by atoms with van der Waals surface area (Å²) >= 11 is 0. The molecule has 5 N–H and O–H groups in total. The summed E-state index contributed by atoms with van der Waals surface area (Å²) < 4.78 is 5.70. The Kier molecular flexibility index (Phi) is 11.0. The lowest BCUT2D eigenvalue weighted by atomic mass is 10.00. The molecular weight excluding hydrogens is 482 g/mol. The first-order valence-electron chi connectivity index (χ1n) is 12.1. The van der Waals surface area contributed by atoms with Gasteiger partial charge in [-0.25, -0.2) is 4.99 Å². The molecule has 0 atom stereocenters. The molecular formula is C29H35N5O4. The molecule has 2 amide bonds. The van der Waals surface area contributed by atoms with Crippen LogP contribution in [0.5, 0.6) is 5.75 Å². The largest absolute Gasteiger partial charge is 0.494 e.